The summed E-state index contributed by atoms with van der Waals surface area (Å²) in [4.78, 5) is 18.9. The number of hydrogen-bond donors (Lipinski definition) is 1. The van der Waals surface area contributed by atoms with Gasteiger partial charge >= 0.3 is 11.3 Å². The minimum absolute atomic E-state index is 0.0417. The Morgan fingerprint density at radius 3 is 1.90 bits per heavy atom. The Hall–Kier alpha value is -1.33. The summed E-state index contributed by atoms with van der Waals surface area (Å²) >= 11 is -2.63. The third-order valence-corrected chi connectivity index (χ3v) is 0.835. The van der Waals surface area contributed by atoms with Crippen LogP contribution in [-0.2, 0) is 20.9 Å². The number of hydrogen-bond acceptors (Lipinski definition) is 5. The van der Waals surface area contributed by atoms with Gasteiger partial charge in [0.25, 0.3) is 12.2 Å². The van der Waals surface area contributed by atoms with Gasteiger partial charge in [0, 0.05) is 0 Å². The second-order valence-electron chi connectivity index (χ2n) is 0.866. The van der Waals surface area contributed by atoms with Crippen molar-refractivity contribution in [3.63, 3.8) is 0 Å². The number of nitrogens with zero attached hydrogens (tertiary/aromatic N) is 3. The third kappa shape index (κ3) is 2.85. The molecule has 0 aliphatic heterocycles. The zero-order chi connectivity index (χ0) is 7.98. The van der Waals surface area contributed by atoms with Crippen molar-refractivity contribution in [2.45, 2.75) is 0 Å². The van der Waals surface area contributed by atoms with Crippen LogP contribution >= 0.6 is 0 Å². The highest BCUT2D eigenvalue weighted by Gasteiger charge is 2.03. The molecule has 0 amide bonds. The highest BCUT2D eigenvalue weighted by atomic mass is 32.2. The van der Waals surface area contributed by atoms with Crippen LogP contribution in [0.25, 0.3) is 0 Å². The van der Waals surface area contributed by atoms with Crippen molar-refractivity contribution in [3.8, 4) is 0 Å². The molecule has 0 aliphatic carbocycles. The minimum atomic E-state index is -2.63. The van der Waals surface area contributed by atoms with Gasteiger partial charge in [0.1, 0.15) is 0 Å². The zero-order valence-corrected chi connectivity index (χ0v) is 5.24. The molecular weight excluding hydrogens is 162 g/mol. The van der Waals surface area contributed by atoms with Crippen LogP contribution < -0.4 is 0 Å². The van der Waals surface area contributed by atoms with E-state index in [0.29, 0.717) is 0 Å². The van der Waals surface area contributed by atoms with Gasteiger partial charge in [-0.15, -0.1) is 0 Å². The van der Waals surface area contributed by atoms with Gasteiger partial charge in [0.15, 0.2) is 0 Å². The molecule has 8 heteroatoms. The molecule has 0 aromatic carbocycles. The summed E-state index contributed by atoms with van der Waals surface area (Å²) in [5.74, 6) is 0. The lowest BCUT2D eigenvalue weighted by atomic mass is 11.6. The smallest absolute Gasteiger partial charge is 0.287 e. The van der Waals surface area contributed by atoms with Gasteiger partial charge in [-0.1, -0.05) is 10.2 Å². The van der Waals surface area contributed by atoms with E-state index in [0.717, 1.165) is 12.2 Å². The summed E-state index contributed by atoms with van der Waals surface area (Å²) in [6, 6.07) is 0. The van der Waals surface area contributed by atoms with E-state index in [-0.39, 0.29) is 4.52 Å². The summed E-state index contributed by atoms with van der Waals surface area (Å²) in [6.07, 6.45) is 1.82. The molecule has 1 N–H and O–H groups in total. The number of rotatable bonds is 3. The van der Waals surface area contributed by atoms with Crippen LogP contribution in [0.2, 0.25) is 0 Å². The van der Waals surface area contributed by atoms with Crippen molar-refractivity contribution >= 4 is 23.4 Å². The fourth-order valence-electron chi connectivity index (χ4n) is 0.162. The fraction of sp³-hybridized carbons (Fsp3) is 0. The lowest BCUT2D eigenvalue weighted by molar-refractivity contribution is 0.419. The first-order valence-corrected chi connectivity index (χ1v) is 2.85. The van der Waals surface area contributed by atoms with E-state index < -0.39 is 11.3 Å². The summed E-state index contributed by atoms with van der Waals surface area (Å²) in [5.41, 5.74) is 0. The van der Waals surface area contributed by atoms with Gasteiger partial charge in [-0.2, -0.15) is 0 Å². The van der Waals surface area contributed by atoms with Crippen molar-refractivity contribution in [2.75, 3.05) is 0 Å². The molecule has 10 heavy (non-hydrogen) atoms. The first-order chi connectivity index (χ1) is 4.72. The van der Waals surface area contributed by atoms with E-state index in [1.54, 1.807) is 0 Å². The molecule has 0 aromatic rings. The maximum Gasteiger partial charge on any atom is 0.301 e. The SMILES string of the molecule is O=C=NN(N=C=O)S(=O)O. The molecular formula is C2HN3O4S. The van der Waals surface area contributed by atoms with Crippen molar-refractivity contribution < 1.29 is 18.4 Å². The van der Waals surface area contributed by atoms with Crippen LogP contribution in [0.15, 0.2) is 10.2 Å². The molecule has 0 aliphatic rings. The number of hydrazone groups is 2. The summed E-state index contributed by atoms with van der Waals surface area (Å²) in [7, 11) is 0. The van der Waals surface area contributed by atoms with Gasteiger partial charge in [-0.05, 0) is 4.52 Å². The molecule has 0 rings (SSSR count). The molecule has 7 nitrogen and oxygen atoms in total. The quantitative estimate of drug-likeness (QED) is 0.247. The zero-order valence-electron chi connectivity index (χ0n) is 4.42. The van der Waals surface area contributed by atoms with Crippen LogP contribution in [0.1, 0.15) is 0 Å². The largest absolute Gasteiger partial charge is 0.301 e. The Labute approximate surface area is 57.4 Å². The summed E-state index contributed by atoms with van der Waals surface area (Å²) < 4.78 is 18.1. The molecule has 0 heterocycles. The Morgan fingerprint density at radius 1 is 1.30 bits per heavy atom. The Morgan fingerprint density at radius 2 is 1.70 bits per heavy atom. The van der Waals surface area contributed by atoms with Gasteiger partial charge < -0.3 is 0 Å². The predicted molar refractivity (Wildman–Crippen MR) is 28.9 cm³/mol. The maximum absolute atomic E-state index is 9.97. The standard InChI is InChI=1S/C2HN3O4S/c6-1-3-5(4-2-7)10(8)9/h(H,8,9). The van der Waals surface area contributed by atoms with Crippen LogP contribution in [0.4, 0.5) is 0 Å². The van der Waals surface area contributed by atoms with Crippen molar-refractivity contribution in [1.82, 2.24) is 4.52 Å². The van der Waals surface area contributed by atoms with Crippen LogP contribution in [0.3, 0.4) is 0 Å². The molecule has 0 aromatic heterocycles. The van der Waals surface area contributed by atoms with E-state index in [1.165, 1.54) is 0 Å². The van der Waals surface area contributed by atoms with E-state index >= 15 is 0 Å². The van der Waals surface area contributed by atoms with E-state index in [9.17, 15) is 13.8 Å². The number of carbonyl (C=O) groups excluding carboxylic acids is 2. The van der Waals surface area contributed by atoms with E-state index in [1.807, 2.05) is 0 Å². The fourth-order valence-corrected chi connectivity index (χ4v) is 0.368. The van der Waals surface area contributed by atoms with Gasteiger partial charge in [0.05, 0.1) is 0 Å². The third-order valence-electron chi connectivity index (χ3n) is 0.392. The van der Waals surface area contributed by atoms with Gasteiger partial charge in [-0.3, -0.25) is 4.55 Å². The van der Waals surface area contributed by atoms with Crippen LogP contribution in [0, 0.1) is 0 Å². The average Bonchev–Trinajstić information content (AvgIpc) is 1.87. The Kier molecular flexibility index (Phi) is 3.94. The van der Waals surface area contributed by atoms with Crippen LogP contribution in [0.5, 0.6) is 0 Å². The average molecular weight is 163 g/mol. The summed E-state index contributed by atoms with van der Waals surface area (Å²) in [6.45, 7) is 0. The minimum Gasteiger partial charge on any atom is -0.287 e. The van der Waals surface area contributed by atoms with Crippen molar-refractivity contribution in [1.29, 1.82) is 0 Å². The molecule has 0 bridgehead atoms. The second-order valence-corrected chi connectivity index (χ2v) is 1.65. The molecule has 1 unspecified atom stereocenters. The van der Waals surface area contributed by atoms with E-state index in [2.05, 4.69) is 10.2 Å². The van der Waals surface area contributed by atoms with Gasteiger partial charge in [-0.25, -0.2) is 13.8 Å². The van der Waals surface area contributed by atoms with Crippen LogP contribution in [-0.4, -0.2) is 25.4 Å². The topological polar surface area (TPSA) is 99.4 Å². The lowest BCUT2D eigenvalue weighted by Crippen LogP contribution is -2.11. The lowest BCUT2D eigenvalue weighted by Gasteiger charge is -1.97. The molecule has 0 fully saturated rings. The first-order valence-electron chi connectivity index (χ1n) is 1.79. The molecule has 0 spiro atoms. The predicted octanol–water partition coefficient (Wildman–Crippen LogP) is -1.07. The molecule has 0 saturated heterocycles. The van der Waals surface area contributed by atoms with E-state index in [4.69, 9.17) is 4.55 Å². The first kappa shape index (κ1) is 8.67. The molecule has 1 atom stereocenters. The normalized spacial score (nSPS) is 10.5. The van der Waals surface area contributed by atoms with Gasteiger partial charge in [0.2, 0.25) is 0 Å². The summed E-state index contributed by atoms with van der Waals surface area (Å²) in [5, 5.41) is 5.12. The Bertz CT molecular complexity index is 206. The highest BCUT2D eigenvalue weighted by Crippen LogP contribution is 1.89. The Balaban J connectivity index is 4.40. The molecule has 54 valence electrons. The highest BCUT2D eigenvalue weighted by molar-refractivity contribution is 7.76. The number of isocyanates is 2. The molecule has 0 saturated carbocycles. The van der Waals surface area contributed by atoms with Crippen molar-refractivity contribution in [3.05, 3.63) is 0 Å². The monoisotopic (exact) mass is 163 g/mol. The maximum atomic E-state index is 9.97. The molecule has 0 radical (unpaired) electrons. The second kappa shape index (κ2) is 4.54. The van der Waals surface area contributed by atoms with Crippen molar-refractivity contribution in [2.24, 2.45) is 10.2 Å².